The number of hydrogen-bond donors (Lipinski definition) is 2. The summed E-state index contributed by atoms with van der Waals surface area (Å²) in [5.74, 6) is -0.624. The Hall–Kier alpha value is -2.30. The highest BCUT2D eigenvalue weighted by Gasteiger charge is 2.37. The molecule has 1 saturated heterocycles. The zero-order valence-corrected chi connectivity index (χ0v) is 16.8. The molecule has 0 spiro atoms. The number of nitrogens with zero attached hydrogens (tertiary/aromatic N) is 2. The van der Waals surface area contributed by atoms with Crippen LogP contribution >= 0.6 is 22.9 Å². The molecule has 1 fully saturated rings. The van der Waals surface area contributed by atoms with Gasteiger partial charge in [-0.25, -0.2) is 12.8 Å². The summed E-state index contributed by atoms with van der Waals surface area (Å²) in [6.07, 6.45) is 0. The maximum absolute atomic E-state index is 14.5. The van der Waals surface area contributed by atoms with Crippen LogP contribution in [0.4, 0.5) is 4.39 Å². The monoisotopic (exact) mass is 440 g/mol. The summed E-state index contributed by atoms with van der Waals surface area (Å²) in [5.41, 5.74) is 0.669. The maximum Gasteiger partial charge on any atom is 0.258 e. The molecule has 1 aromatic carbocycles. The zero-order valence-electron chi connectivity index (χ0n) is 14.4. The van der Waals surface area contributed by atoms with Crippen molar-refractivity contribution in [2.45, 2.75) is 18.2 Å². The Morgan fingerprint density at radius 2 is 1.96 bits per heavy atom. The van der Waals surface area contributed by atoms with E-state index in [1.54, 1.807) is 24.3 Å². The minimum atomic E-state index is -3.52. The lowest BCUT2D eigenvalue weighted by Gasteiger charge is -2.28. The molecule has 0 aliphatic carbocycles. The number of hydrogen-bond acceptors (Lipinski definition) is 7. The first-order valence-electron chi connectivity index (χ1n) is 8.20. The summed E-state index contributed by atoms with van der Waals surface area (Å²) in [6.45, 7) is 1.44. The predicted octanol–water partition coefficient (Wildman–Crippen LogP) is 3.68. The van der Waals surface area contributed by atoms with Gasteiger partial charge in [0.1, 0.15) is 16.9 Å². The Morgan fingerprint density at radius 3 is 2.64 bits per heavy atom. The van der Waals surface area contributed by atoms with E-state index in [1.807, 2.05) is 0 Å². The van der Waals surface area contributed by atoms with Crippen LogP contribution in [-0.2, 0) is 9.84 Å². The second-order valence-corrected chi connectivity index (χ2v) is 10.2. The van der Waals surface area contributed by atoms with Gasteiger partial charge in [-0.3, -0.25) is 5.41 Å². The average Bonchev–Trinajstić information content (AvgIpc) is 3.27. The van der Waals surface area contributed by atoms with E-state index in [4.69, 9.17) is 21.4 Å². The van der Waals surface area contributed by atoms with Gasteiger partial charge in [0.25, 0.3) is 5.89 Å². The highest BCUT2D eigenvalue weighted by molar-refractivity contribution is 7.92. The van der Waals surface area contributed by atoms with E-state index in [1.165, 1.54) is 13.0 Å². The average molecular weight is 441 g/mol. The molecule has 4 rings (SSSR count). The summed E-state index contributed by atoms with van der Waals surface area (Å²) >= 11 is 6.88. The number of halogens is 2. The molecule has 28 heavy (non-hydrogen) atoms. The van der Waals surface area contributed by atoms with E-state index in [-0.39, 0.29) is 28.2 Å². The van der Waals surface area contributed by atoms with Gasteiger partial charge in [0.2, 0.25) is 5.89 Å². The van der Waals surface area contributed by atoms with Crippen LogP contribution in [0.1, 0.15) is 17.8 Å². The number of benzene rings is 1. The van der Waals surface area contributed by atoms with Crippen LogP contribution in [0.5, 0.6) is 0 Å². The summed E-state index contributed by atoms with van der Waals surface area (Å²) < 4.78 is 44.6. The van der Waals surface area contributed by atoms with Gasteiger partial charge in [-0.15, -0.1) is 21.5 Å². The third kappa shape index (κ3) is 3.43. The number of amidine groups is 1. The van der Waals surface area contributed by atoms with Crippen molar-refractivity contribution in [1.29, 1.82) is 5.41 Å². The van der Waals surface area contributed by atoms with E-state index >= 15 is 0 Å². The van der Waals surface area contributed by atoms with Crippen LogP contribution in [0.25, 0.3) is 22.2 Å². The Bertz CT molecular complexity index is 1160. The quantitative estimate of drug-likeness (QED) is 0.643. The fraction of sp³-hybridized carbons (Fsp3) is 0.235. The Morgan fingerprint density at radius 1 is 1.29 bits per heavy atom. The molecule has 3 heterocycles. The van der Waals surface area contributed by atoms with Gasteiger partial charge in [-0.1, -0.05) is 11.6 Å². The lowest BCUT2D eigenvalue weighted by atomic mass is 10.2. The molecule has 2 aromatic heterocycles. The van der Waals surface area contributed by atoms with Gasteiger partial charge in [-0.05, 0) is 37.3 Å². The van der Waals surface area contributed by atoms with E-state index in [0.29, 0.717) is 15.5 Å². The standard InChI is InChI=1S/C17H14ClFN4O3S2/c1-8-15(20)21-12(7-28(8,24)25)14-11(19)6-13(27-14)17-23-22-16(26-17)9-2-4-10(18)5-3-9/h2-6,8,12H,7H2,1H3,(H2,20,21). The Kier molecular flexibility index (Phi) is 4.72. The number of rotatable bonds is 3. The molecule has 1 aliphatic heterocycles. The topological polar surface area (TPSA) is 109 Å². The van der Waals surface area contributed by atoms with Gasteiger partial charge >= 0.3 is 0 Å². The van der Waals surface area contributed by atoms with Crippen molar-refractivity contribution in [1.82, 2.24) is 15.5 Å². The Balaban J connectivity index is 1.64. The molecule has 0 bridgehead atoms. The number of aromatic nitrogens is 2. The van der Waals surface area contributed by atoms with Crippen molar-refractivity contribution in [3.63, 3.8) is 0 Å². The third-order valence-electron chi connectivity index (χ3n) is 4.43. The molecular weight excluding hydrogens is 427 g/mol. The van der Waals surface area contributed by atoms with E-state index in [0.717, 1.165) is 11.3 Å². The minimum Gasteiger partial charge on any atom is -0.415 e. The fourth-order valence-electron chi connectivity index (χ4n) is 2.80. The van der Waals surface area contributed by atoms with E-state index in [9.17, 15) is 12.8 Å². The molecule has 2 unspecified atom stereocenters. The van der Waals surface area contributed by atoms with Crippen LogP contribution in [-0.4, -0.2) is 35.5 Å². The molecule has 2 atom stereocenters. The molecule has 7 nitrogen and oxygen atoms in total. The van der Waals surface area contributed by atoms with Crippen molar-refractivity contribution < 1.29 is 17.2 Å². The summed E-state index contributed by atoms with van der Waals surface area (Å²) in [6, 6.07) is 7.23. The van der Waals surface area contributed by atoms with Crippen LogP contribution < -0.4 is 5.32 Å². The normalized spacial score (nSPS) is 21.5. The van der Waals surface area contributed by atoms with Crippen molar-refractivity contribution in [2.75, 3.05) is 5.75 Å². The fourth-order valence-corrected chi connectivity index (χ4v) is 5.47. The first-order valence-corrected chi connectivity index (χ1v) is 11.1. The molecule has 11 heteroatoms. The van der Waals surface area contributed by atoms with Crippen LogP contribution in [0.3, 0.4) is 0 Å². The number of sulfone groups is 1. The van der Waals surface area contributed by atoms with Gasteiger partial charge < -0.3 is 9.73 Å². The molecule has 2 N–H and O–H groups in total. The number of thiophene rings is 1. The zero-order chi connectivity index (χ0) is 20.1. The summed E-state index contributed by atoms with van der Waals surface area (Å²) in [7, 11) is -3.52. The van der Waals surface area contributed by atoms with Crippen molar-refractivity contribution in [2.24, 2.45) is 0 Å². The second-order valence-electron chi connectivity index (χ2n) is 6.32. The van der Waals surface area contributed by atoms with Gasteiger partial charge in [0, 0.05) is 10.6 Å². The molecule has 1 aliphatic rings. The highest BCUT2D eigenvalue weighted by Crippen LogP contribution is 2.36. The lowest BCUT2D eigenvalue weighted by Crippen LogP contribution is -2.48. The van der Waals surface area contributed by atoms with Crippen molar-refractivity contribution in [3.05, 3.63) is 46.0 Å². The smallest absolute Gasteiger partial charge is 0.258 e. The van der Waals surface area contributed by atoms with Crippen LogP contribution in [0, 0.1) is 11.2 Å². The molecule has 3 aromatic rings. The highest BCUT2D eigenvalue weighted by atomic mass is 35.5. The first-order chi connectivity index (χ1) is 13.2. The minimum absolute atomic E-state index is 0.127. The van der Waals surface area contributed by atoms with Crippen LogP contribution in [0.2, 0.25) is 5.02 Å². The predicted molar refractivity (Wildman–Crippen MR) is 105 cm³/mol. The number of nitrogens with one attached hydrogen (secondary N) is 2. The lowest BCUT2D eigenvalue weighted by molar-refractivity contribution is 0.553. The molecule has 146 valence electrons. The van der Waals surface area contributed by atoms with Gasteiger partial charge in [-0.2, -0.15) is 0 Å². The molecular formula is C17H14ClFN4O3S2. The summed E-state index contributed by atoms with van der Waals surface area (Å²) in [4.78, 5) is 0.561. The molecule has 0 radical (unpaired) electrons. The van der Waals surface area contributed by atoms with Gasteiger partial charge in [0.15, 0.2) is 9.84 Å². The van der Waals surface area contributed by atoms with Crippen molar-refractivity contribution in [3.8, 4) is 22.2 Å². The van der Waals surface area contributed by atoms with Gasteiger partial charge in [0.05, 0.1) is 21.5 Å². The SMILES string of the molecule is CC1C(=N)NC(c2sc(-c3nnc(-c4ccc(Cl)cc4)o3)cc2F)CS1(=O)=O. The third-order valence-corrected chi connectivity index (χ3v) is 8.01. The molecule has 0 saturated carbocycles. The van der Waals surface area contributed by atoms with Crippen molar-refractivity contribution >= 4 is 38.6 Å². The summed E-state index contributed by atoms with van der Waals surface area (Å²) in [5, 5.41) is 18.2. The van der Waals surface area contributed by atoms with E-state index in [2.05, 4.69) is 15.5 Å². The second kappa shape index (κ2) is 6.94. The van der Waals surface area contributed by atoms with Crippen LogP contribution in [0.15, 0.2) is 34.7 Å². The largest absolute Gasteiger partial charge is 0.415 e. The maximum atomic E-state index is 14.5. The molecule has 0 amide bonds. The Labute approximate surface area is 169 Å². The van der Waals surface area contributed by atoms with E-state index < -0.39 is 26.9 Å². The first kappa shape index (κ1) is 19.0.